The summed E-state index contributed by atoms with van der Waals surface area (Å²) < 4.78 is 15.3. The van der Waals surface area contributed by atoms with E-state index in [0.29, 0.717) is 11.5 Å². The zero-order valence-electron chi connectivity index (χ0n) is 8.04. The third-order valence-corrected chi connectivity index (χ3v) is 3.26. The molecule has 0 fully saturated rings. The topological polar surface area (TPSA) is 63.6 Å². The minimum atomic E-state index is -2.16. The lowest BCUT2D eigenvalue weighted by atomic mass is 10.2. The summed E-state index contributed by atoms with van der Waals surface area (Å²) in [5.41, 5.74) is 0.910. The average Bonchev–Trinajstić information content (AvgIpc) is 2.16. The van der Waals surface area contributed by atoms with Gasteiger partial charge in [0.05, 0.1) is 5.75 Å². The Kier molecular flexibility index (Phi) is 4.75. The van der Waals surface area contributed by atoms with Crippen LogP contribution in [0.5, 0.6) is 5.75 Å². The van der Waals surface area contributed by atoms with Crippen molar-refractivity contribution >= 4 is 24.6 Å². The summed E-state index contributed by atoms with van der Waals surface area (Å²) in [6.45, 7) is 1.33. The van der Waals surface area contributed by atoms with E-state index in [-0.39, 0.29) is 5.97 Å². The van der Waals surface area contributed by atoms with Gasteiger partial charge in [0.1, 0.15) is 5.75 Å². The molecule has 0 bridgehead atoms. The maximum absolute atomic E-state index is 10.6. The van der Waals surface area contributed by atoms with E-state index < -0.39 is 7.23 Å². The number of esters is 1. The fourth-order valence-electron chi connectivity index (χ4n) is 0.949. The summed E-state index contributed by atoms with van der Waals surface area (Å²) in [5, 5.41) is 0. The van der Waals surface area contributed by atoms with Gasteiger partial charge < -0.3 is 4.74 Å². The minimum absolute atomic E-state index is 0.365. The largest absolute Gasteiger partial charge is 0.583 e. The number of benzene rings is 1. The number of carbonyl (C=O) groups is 1. The standard InChI is InChI=1S/C9H9O4PS/c1-7(10)13-9-4-2-8(3-5-9)6-15-14(11)12/h2-5H,6H2,1H3/p+1. The molecule has 6 heteroatoms. The maximum Gasteiger partial charge on any atom is 0.583 e. The molecular weight excluding hydrogens is 235 g/mol. The average molecular weight is 245 g/mol. The summed E-state index contributed by atoms with van der Waals surface area (Å²) in [6, 6.07) is 6.82. The summed E-state index contributed by atoms with van der Waals surface area (Å²) >= 11 is 0.961. The summed E-state index contributed by atoms with van der Waals surface area (Å²) in [4.78, 5) is 19.2. The Bertz CT molecular complexity index is 363. The molecule has 80 valence electrons. The SMILES string of the molecule is CC(=O)Oc1ccc(CS[P+](=O)O)cc1. The normalized spacial score (nSPS) is 10.9. The molecule has 1 rings (SSSR count). The molecule has 4 nitrogen and oxygen atoms in total. The van der Waals surface area contributed by atoms with E-state index in [2.05, 4.69) is 0 Å². The number of ether oxygens (including phenoxy) is 1. The van der Waals surface area contributed by atoms with Gasteiger partial charge in [-0.1, -0.05) is 12.1 Å². The van der Waals surface area contributed by atoms with Crippen molar-refractivity contribution in [3.05, 3.63) is 29.8 Å². The maximum atomic E-state index is 10.6. The molecule has 0 heterocycles. The van der Waals surface area contributed by atoms with Gasteiger partial charge in [-0.25, -0.2) is 0 Å². The van der Waals surface area contributed by atoms with Crippen molar-refractivity contribution in [2.24, 2.45) is 0 Å². The molecule has 15 heavy (non-hydrogen) atoms. The molecule has 0 spiro atoms. The smallest absolute Gasteiger partial charge is 0.427 e. The first-order valence-corrected chi connectivity index (χ1v) is 6.94. The van der Waals surface area contributed by atoms with Gasteiger partial charge in [-0.2, -0.15) is 4.89 Å². The first kappa shape index (κ1) is 12.2. The van der Waals surface area contributed by atoms with Gasteiger partial charge in [0, 0.05) is 6.92 Å². The minimum Gasteiger partial charge on any atom is -0.427 e. The van der Waals surface area contributed by atoms with Crippen molar-refractivity contribution < 1.29 is 19.0 Å². The molecule has 1 aromatic carbocycles. The van der Waals surface area contributed by atoms with Crippen LogP contribution in [-0.4, -0.2) is 10.9 Å². The van der Waals surface area contributed by atoms with Crippen LogP contribution >= 0.6 is 18.6 Å². The number of carbonyl (C=O) groups excluding carboxylic acids is 1. The quantitative estimate of drug-likeness (QED) is 0.501. The third kappa shape index (κ3) is 4.93. The fraction of sp³-hybridized carbons (Fsp3) is 0.222. The Balaban J connectivity index is 2.56. The van der Waals surface area contributed by atoms with Crippen molar-refractivity contribution in [3.63, 3.8) is 0 Å². The predicted molar refractivity (Wildman–Crippen MR) is 58.9 cm³/mol. The second-order valence-electron chi connectivity index (χ2n) is 2.75. The monoisotopic (exact) mass is 245 g/mol. The van der Waals surface area contributed by atoms with Crippen LogP contribution in [0.4, 0.5) is 0 Å². The van der Waals surface area contributed by atoms with E-state index in [4.69, 9.17) is 9.63 Å². The van der Waals surface area contributed by atoms with Crippen molar-refractivity contribution in [2.75, 3.05) is 0 Å². The number of rotatable bonds is 4. The highest BCUT2D eigenvalue weighted by Crippen LogP contribution is 2.35. The Labute approximate surface area is 92.3 Å². The number of hydrogen-bond acceptors (Lipinski definition) is 4. The van der Waals surface area contributed by atoms with E-state index in [1.165, 1.54) is 6.92 Å². The molecule has 0 saturated heterocycles. The second kappa shape index (κ2) is 5.85. The Hall–Kier alpha value is -0.900. The van der Waals surface area contributed by atoms with Crippen LogP contribution in [0.15, 0.2) is 24.3 Å². The van der Waals surface area contributed by atoms with Crippen LogP contribution in [0.25, 0.3) is 0 Å². The van der Waals surface area contributed by atoms with Crippen molar-refractivity contribution in [3.8, 4) is 5.75 Å². The van der Waals surface area contributed by atoms with Crippen LogP contribution in [-0.2, 0) is 15.1 Å². The lowest BCUT2D eigenvalue weighted by molar-refractivity contribution is -0.131. The van der Waals surface area contributed by atoms with Crippen molar-refractivity contribution in [2.45, 2.75) is 12.7 Å². The molecule has 1 aromatic rings. The highest BCUT2D eigenvalue weighted by molar-refractivity contribution is 8.49. The zero-order valence-corrected chi connectivity index (χ0v) is 9.75. The molecule has 0 aliphatic carbocycles. The van der Waals surface area contributed by atoms with E-state index in [1.807, 2.05) is 0 Å². The highest BCUT2D eigenvalue weighted by Gasteiger charge is 2.12. The first-order chi connectivity index (χ1) is 7.08. The molecule has 0 saturated carbocycles. The van der Waals surface area contributed by atoms with E-state index in [0.717, 1.165) is 16.9 Å². The Morgan fingerprint density at radius 2 is 2.07 bits per heavy atom. The second-order valence-corrected chi connectivity index (χ2v) is 5.48. The predicted octanol–water partition coefficient (Wildman–Crippen LogP) is 2.49. The molecule has 0 aliphatic rings. The lowest BCUT2D eigenvalue weighted by Gasteiger charge is -2.00. The van der Waals surface area contributed by atoms with Gasteiger partial charge in [-0.3, -0.25) is 4.79 Å². The van der Waals surface area contributed by atoms with Gasteiger partial charge >= 0.3 is 13.2 Å². The van der Waals surface area contributed by atoms with Crippen molar-refractivity contribution in [1.82, 2.24) is 0 Å². The lowest BCUT2D eigenvalue weighted by Crippen LogP contribution is -2.00. The van der Waals surface area contributed by atoms with E-state index in [1.54, 1.807) is 24.3 Å². The van der Waals surface area contributed by atoms with Gasteiger partial charge in [0.25, 0.3) is 0 Å². The Morgan fingerprint density at radius 3 is 2.53 bits per heavy atom. The molecule has 0 radical (unpaired) electrons. The first-order valence-electron chi connectivity index (χ1n) is 4.14. The van der Waals surface area contributed by atoms with Crippen LogP contribution in [0.3, 0.4) is 0 Å². The zero-order chi connectivity index (χ0) is 11.3. The molecule has 0 aliphatic heterocycles. The summed E-state index contributed by atoms with van der Waals surface area (Å²) in [6.07, 6.45) is 0. The summed E-state index contributed by atoms with van der Waals surface area (Å²) in [7, 11) is -2.16. The Morgan fingerprint density at radius 1 is 1.47 bits per heavy atom. The molecule has 1 unspecified atom stereocenters. The molecule has 1 atom stereocenters. The molecular formula is C9H10O4PS+. The van der Waals surface area contributed by atoms with E-state index in [9.17, 15) is 9.36 Å². The van der Waals surface area contributed by atoms with Gasteiger partial charge in [-0.15, -0.1) is 0 Å². The van der Waals surface area contributed by atoms with E-state index >= 15 is 0 Å². The summed E-state index contributed by atoms with van der Waals surface area (Å²) in [5.74, 6) is 0.576. The molecule has 0 aromatic heterocycles. The van der Waals surface area contributed by atoms with Crippen LogP contribution in [0.2, 0.25) is 0 Å². The number of hydrogen-bond donors (Lipinski definition) is 1. The van der Waals surface area contributed by atoms with Crippen LogP contribution in [0.1, 0.15) is 12.5 Å². The fourth-order valence-corrected chi connectivity index (χ4v) is 2.18. The highest BCUT2D eigenvalue weighted by atomic mass is 32.7. The van der Waals surface area contributed by atoms with Crippen molar-refractivity contribution in [1.29, 1.82) is 0 Å². The van der Waals surface area contributed by atoms with Gasteiger partial charge in [0.2, 0.25) is 0 Å². The van der Waals surface area contributed by atoms with Gasteiger partial charge in [-0.05, 0) is 22.3 Å². The van der Waals surface area contributed by atoms with Crippen LogP contribution < -0.4 is 4.74 Å². The third-order valence-electron chi connectivity index (χ3n) is 1.53. The van der Waals surface area contributed by atoms with Crippen LogP contribution in [0, 0.1) is 0 Å². The molecule has 1 N–H and O–H groups in total. The van der Waals surface area contributed by atoms with Gasteiger partial charge in [0.15, 0.2) is 11.4 Å². The molecule has 0 amide bonds.